The number of aromatic amines is 1. The minimum atomic E-state index is 0.319. The van der Waals surface area contributed by atoms with E-state index >= 15 is 0 Å². The molecule has 1 aromatic heterocycles. The maximum Gasteiger partial charge on any atom is 0.0457 e. The van der Waals surface area contributed by atoms with Crippen molar-refractivity contribution in [2.75, 3.05) is 6.54 Å². The van der Waals surface area contributed by atoms with Crippen LogP contribution in [0.2, 0.25) is 0 Å². The van der Waals surface area contributed by atoms with Crippen molar-refractivity contribution >= 4 is 26.8 Å². The van der Waals surface area contributed by atoms with E-state index in [2.05, 4.69) is 87.8 Å². The van der Waals surface area contributed by atoms with E-state index in [0.717, 1.165) is 17.4 Å². The molecule has 0 unspecified atom stereocenters. The average molecular weight is 343 g/mol. The van der Waals surface area contributed by atoms with E-state index in [-0.39, 0.29) is 0 Å². The fourth-order valence-corrected chi connectivity index (χ4v) is 2.93. The minimum Gasteiger partial charge on any atom is -0.357 e. The zero-order valence-corrected chi connectivity index (χ0v) is 13.7. The Morgan fingerprint density at radius 2 is 1.90 bits per heavy atom. The Labute approximate surface area is 133 Å². The monoisotopic (exact) mass is 342 g/mol. The number of halogens is 1. The first-order valence-corrected chi connectivity index (χ1v) is 8.07. The first-order valence-electron chi connectivity index (χ1n) is 7.28. The van der Waals surface area contributed by atoms with Crippen LogP contribution in [0.5, 0.6) is 0 Å². The highest BCUT2D eigenvalue weighted by molar-refractivity contribution is 9.10. The molecular weight excluding hydrogens is 324 g/mol. The Hall–Kier alpha value is -1.58. The maximum atomic E-state index is 3.58. The predicted molar refractivity (Wildman–Crippen MR) is 92.6 cm³/mol. The van der Waals surface area contributed by atoms with Gasteiger partial charge in [0.2, 0.25) is 0 Å². The predicted octanol–water partition coefficient (Wildman–Crippen LogP) is 4.82. The van der Waals surface area contributed by atoms with Crippen molar-refractivity contribution in [3.05, 3.63) is 70.3 Å². The van der Waals surface area contributed by atoms with Crippen LogP contribution in [-0.4, -0.2) is 11.5 Å². The standard InChI is InChI=1S/C18H19BrN2/c1-13(20-10-9-14-5-3-2-4-6-14)18-12-15-11-16(19)7-8-17(15)21-18/h2-8,11-13,20-21H,9-10H2,1H3/t13-/m0/s1. The minimum absolute atomic E-state index is 0.319. The third-order valence-electron chi connectivity index (χ3n) is 3.78. The summed E-state index contributed by atoms with van der Waals surface area (Å²) in [6, 6.07) is 19.5. The number of fused-ring (bicyclic) bond motifs is 1. The molecule has 0 radical (unpaired) electrons. The van der Waals surface area contributed by atoms with Gasteiger partial charge in [-0.15, -0.1) is 0 Å². The molecule has 0 fully saturated rings. The van der Waals surface area contributed by atoms with Crippen molar-refractivity contribution in [2.24, 2.45) is 0 Å². The second-order valence-corrected chi connectivity index (χ2v) is 6.28. The summed E-state index contributed by atoms with van der Waals surface area (Å²) >= 11 is 3.52. The van der Waals surface area contributed by atoms with Crippen LogP contribution < -0.4 is 5.32 Å². The quantitative estimate of drug-likeness (QED) is 0.683. The Morgan fingerprint density at radius 3 is 2.71 bits per heavy atom. The van der Waals surface area contributed by atoms with Crippen molar-refractivity contribution in [3.63, 3.8) is 0 Å². The van der Waals surface area contributed by atoms with Gasteiger partial charge in [-0.2, -0.15) is 0 Å². The number of hydrogen-bond acceptors (Lipinski definition) is 1. The number of benzene rings is 2. The van der Waals surface area contributed by atoms with Gasteiger partial charge in [0.25, 0.3) is 0 Å². The molecule has 2 N–H and O–H groups in total. The molecule has 2 nitrogen and oxygen atoms in total. The summed E-state index contributed by atoms with van der Waals surface area (Å²) in [4.78, 5) is 3.49. The first kappa shape index (κ1) is 14.4. The van der Waals surface area contributed by atoms with Crippen molar-refractivity contribution in [2.45, 2.75) is 19.4 Å². The molecule has 0 spiro atoms. The zero-order chi connectivity index (χ0) is 14.7. The van der Waals surface area contributed by atoms with E-state index in [1.165, 1.54) is 22.2 Å². The molecule has 1 heterocycles. The van der Waals surface area contributed by atoms with Gasteiger partial charge in [0.05, 0.1) is 0 Å². The number of H-pyrrole nitrogens is 1. The molecule has 0 saturated heterocycles. The molecule has 108 valence electrons. The second kappa shape index (κ2) is 6.46. The van der Waals surface area contributed by atoms with Gasteiger partial charge in [-0.3, -0.25) is 0 Å². The fourth-order valence-electron chi connectivity index (χ4n) is 2.55. The van der Waals surface area contributed by atoms with Gasteiger partial charge in [0, 0.05) is 27.1 Å². The summed E-state index contributed by atoms with van der Waals surface area (Å²) < 4.78 is 1.12. The van der Waals surface area contributed by atoms with Crippen molar-refractivity contribution in [1.82, 2.24) is 10.3 Å². The normalized spacial score (nSPS) is 12.7. The summed E-state index contributed by atoms with van der Waals surface area (Å²) in [6.45, 7) is 3.18. The van der Waals surface area contributed by atoms with Crippen LogP contribution >= 0.6 is 15.9 Å². The van der Waals surface area contributed by atoms with Crippen LogP contribution in [0.25, 0.3) is 10.9 Å². The molecule has 2 aromatic carbocycles. The van der Waals surface area contributed by atoms with Crippen LogP contribution in [0.15, 0.2) is 59.1 Å². The first-order chi connectivity index (χ1) is 10.2. The molecule has 0 amide bonds. The average Bonchev–Trinajstić information content (AvgIpc) is 2.91. The van der Waals surface area contributed by atoms with Crippen molar-refractivity contribution in [3.8, 4) is 0 Å². The topological polar surface area (TPSA) is 27.8 Å². The molecule has 0 bridgehead atoms. The second-order valence-electron chi connectivity index (χ2n) is 5.37. The van der Waals surface area contributed by atoms with Gasteiger partial charge < -0.3 is 10.3 Å². The van der Waals surface area contributed by atoms with Gasteiger partial charge >= 0.3 is 0 Å². The van der Waals surface area contributed by atoms with Gasteiger partial charge in [-0.05, 0) is 49.7 Å². The van der Waals surface area contributed by atoms with E-state index in [9.17, 15) is 0 Å². The Bertz CT molecular complexity index is 718. The summed E-state index contributed by atoms with van der Waals surface area (Å²) in [5.41, 5.74) is 3.79. The van der Waals surface area contributed by atoms with Gasteiger partial charge in [0.1, 0.15) is 0 Å². The van der Waals surface area contributed by atoms with E-state index in [1.54, 1.807) is 0 Å². The zero-order valence-electron chi connectivity index (χ0n) is 12.1. The molecule has 1 atom stereocenters. The summed E-state index contributed by atoms with van der Waals surface area (Å²) in [5.74, 6) is 0. The summed E-state index contributed by atoms with van der Waals surface area (Å²) in [6.07, 6.45) is 1.05. The molecule has 3 aromatic rings. The largest absolute Gasteiger partial charge is 0.357 e. The third-order valence-corrected chi connectivity index (χ3v) is 4.27. The van der Waals surface area contributed by atoms with E-state index in [0.29, 0.717) is 6.04 Å². The SMILES string of the molecule is C[C@H](NCCc1ccccc1)c1cc2cc(Br)ccc2[nH]1. The molecule has 21 heavy (non-hydrogen) atoms. The van der Waals surface area contributed by atoms with Crippen LogP contribution in [0, 0.1) is 0 Å². The lowest BCUT2D eigenvalue weighted by atomic mass is 10.1. The fraction of sp³-hybridized carbons (Fsp3) is 0.222. The van der Waals surface area contributed by atoms with Gasteiger partial charge in [-0.1, -0.05) is 46.3 Å². The molecule has 3 heteroatoms. The van der Waals surface area contributed by atoms with Crippen molar-refractivity contribution in [1.29, 1.82) is 0 Å². The molecule has 3 rings (SSSR count). The molecule has 0 aliphatic carbocycles. The third kappa shape index (κ3) is 3.55. The van der Waals surface area contributed by atoms with Gasteiger partial charge in [0.15, 0.2) is 0 Å². The smallest absolute Gasteiger partial charge is 0.0457 e. The Kier molecular flexibility index (Phi) is 4.42. The lowest BCUT2D eigenvalue weighted by molar-refractivity contribution is 0.567. The van der Waals surface area contributed by atoms with Gasteiger partial charge in [-0.25, -0.2) is 0 Å². The lowest BCUT2D eigenvalue weighted by Gasteiger charge is -2.12. The number of rotatable bonds is 5. The molecular formula is C18H19BrN2. The molecule has 0 saturated carbocycles. The van der Waals surface area contributed by atoms with Crippen LogP contribution in [0.1, 0.15) is 24.2 Å². The number of aromatic nitrogens is 1. The maximum absolute atomic E-state index is 3.58. The summed E-state index contributed by atoms with van der Waals surface area (Å²) in [5, 5.41) is 4.83. The number of hydrogen-bond donors (Lipinski definition) is 2. The van der Waals surface area contributed by atoms with E-state index in [1.807, 2.05) is 0 Å². The Morgan fingerprint density at radius 1 is 1.10 bits per heavy atom. The highest BCUT2D eigenvalue weighted by Gasteiger charge is 2.08. The van der Waals surface area contributed by atoms with Crippen LogP contribution in [0.3, 0.4) is 0 Å². The van der Waals surface area contributed by atoms with Crippen LogP contribution in [0.4, 0.5) is 0 Å². The number of nitrogens with one attached hydrogen (secondary N) is 2. The summed E-state index contributed by atoms with van der Waals surface area (Å²) in [7, 11) is 0. The Balaban J connectivity index is 1.62. The highest BCUT2D eigenvalue weighted by atomic mass is 79.9. The molecule has 0 aliphatic heterocycles. The lowest BCUT2D eigenvalue weighted by Crippen LogP contribution is -2.21. The molecule has 0 aliphatic rings. The van der Waals surface area contributed by atoms with Crippen LogP contribution in [-0.2, 0) is 6.42 Å². The van der Waals surface area contributed by atoms with E-state index in [4.69, 9.17) is 0 Å². The van der Waals surface area contributed by atoms with Crippen molar-refractivity contribution < 1.29 is 0 Å². The van der Waals surface area contributed by atoms with E-state index < -0.39 is 0 Å². The highest BCUT2D eigenvalue weighted by Crippen LogP contribution is 2.23.